The lowest BCUT2D eigenvalue weighted by Crippen LogP contribution is -2.35. The zero-order valence-electron chi connectivity index (χ0n) is 11.3. The number of para-hydroxylation sites is 1. The number of hydrogen-bond acceptors (Lipinski definition) is 3. The van der Waals surface area contributed by atoms with E-state index in [1.165, 1.54) is 12.1 Å². The Morgan fingerprint density at radius 3 is 2.70 bits per heavy atom. The number of anilines is 1. The lowest BCUT2D eigenvalue weighted by molar-refractivity contribution is -0.137. The number of aliphatic hydroxyl groups is 1. The van der Waals surface area contributed by atoms with Gasteiger partial charge in [0.15, 0.2) is 0 Å². The molecule has 0 spiro atoms. The minimum absolute atomic E-state index is 0.0838. The molecule has 0 aromatic heterocycles. The molecule has 0 radical (unpaired) electrons. The quantitative estimate of drug-likeness (QED) is 0.823. The van der Waals surface area contributed by atoms with Gasteiger partial charge in [0.05, 0.1) is 11.7 Å². The van der Waals surface area contributed by atoms with Gasteiger partial charge in [-0.25, -0.2) is 0 Å². The number of piperidine rings is 1. The van der Waals surface area contributed by atoms with Crippen molar-refractivity contribution in [1.29, 1.82) is 0 Å². The highest BCUT2D eigenvalue weighted by molar-refractivity contribution is 5.56. The van der Waals surface area contributed by atoms with Gasteiger partial charge in [-0.05, 0) is 32.5 Å². The van der Waals surface area contributed by atoms with Crippen LogP contribution in [-0.2, 0) is 6.18 Å². The van der Waals surface area contributed by atoms with Crippen LogP contribution in [0.3, 0.4) is 0 Å². The first-order valence-corrected chi connectivity index (χ1v) is 6.63. The summed E-state index contributed by atoms with van der Waals surface area (Å²) in [5, 5.41) is 10.4. The molecule has 6 heteroatoms. The van der Waals surface area contributed by atoms with Gasteiger partial charge in [0.25, 0.3) is 0 Å². The number of likely N-dealkylation sites (tertiary alicyclic amines) is 1. The maximum absolute atomic E-state index is 12.8. The standard InChI is InChI=1S/C14H19F3N2O/c1-19-7-3-4-9(8-19)13(20)10-5-2-6-11(12(10)18)14(15,16)17/h2,5-6,9,13,20H,3-4,7-8,18H2,1H3. The molecule has 112 valence electrons. The summed E-state index contributed by atoms with van der Waals surface area (Å²) in [5.41, 5.74) is 4.56. The van der Waals surface area contributed by atoms with Crippen LogP contribution >= 0.6 is 0 Å². The van der Waals surface area contributed by atoms with Crippen LogP contribution in [-0.4, -0.2) is 30.1 Å². The van der Waals surface area contributed by atoms with E-state index in [-0.39, 0.29) is 17.2 Å². The zero-order chi connectivity index (χ0) is 14.9. The van der Waals surface area contributed by atoms with Crippen molar-refractivity contribution in [3.63, 3.8) is 0 Å². The number of alkyl halides is 3. The van der Waals surface area contributed by atoms with Gasteiger partial charge < -0.3 is 15.7 Å². The van der Waals surface area contributed by atoms with Gasteiger partial charge in [0.1, 0.15) is 0 Å². The predicted octanol–water partition coefficient (Wildman–Crippen LogP) is 2.66. The van der Waals surface area contributed by atoms with Crippen molar-refractivity contribution in [2.24, 2.45) is 5.92 Å². The molecule has 1 aromatic rings. The fraction of sp³-hybridized carbons (Fsp3) is 0.571. The zero-order valence-corrected chi connectivity index (χ0v) is 11.3. The van der Waals surface area contributed by atoms with Crippen LogP contribution in [0.2, 0.25) is 0 Å². The lowest BCUT2D eigenvalue weighted by Gasteiger charge is -2.33. The highest BCUT2D eigenvalue weighted by Gasteiger charge is 2.35. The van der Waals surface area contributed by atoms with Crippen LogP contribution < -0.4 is 5.73 Å². The van der Waals surface area contributed by atoms with E-state index in [1.807, 2.05) is 7.05 Å². The van der Waals surface area contributed by atoms with Crippen LogP contribution in [0.5, 0.6) is 0 Å². The van der Waals surface area contributed by atoms with Gasteiger partial charge >= 0.3 is 6.18 Å². The Labute approximate surface area is 116 Å². The molecule has 0 aliphatic carbocycles. The SMILES string of the molecule is CN1CCCC(C(O)c2cccc(C(F)(F)F)c2N)C1. The van der Waals surface area contributed by atoms with Crippen LogP contribution in [0.15, 0.2) is 18.2 Å². The topological polar surface area (TPSA) is 49.5 Å². The van der Waals surface area contributed by atoms with Crippen LogP contribution in [0.1, 0.15) is 30.1 Å². The van der Waals surface area contributed by atoms with E-state index in [1.54, 1.807) is 0 Å². The molecule has 3 N–H and O–H groups in total. The third-order valence-electron chi connectivity index (χ3n) is 3.87. The van der Waals surface area contributed by atoms with Crippen molar-refractivity contribution in [3.05, 3.63) is 29.3 Å². The van der Waals surface area contributed by atoms with Crippen LogP contribution in [0.4, 0.5) is 18.9 Å². The molecule has 2 rings (SSSR count). The summed E-state index contributed by atoms with van der Waals surface area (Å²) in [6, 6.07) is 3.71. The largest absolute Gasteiger partial charge is 0.418 e. The molecule has 2 atom stereocenters. The van der Waals surface area contributed by atoms with Crippen molar-refractivity contribution in [3.8, 4) is 0 Å². The van der Waals surface area contributed by atoms with E-state index in [2.05, 4.69) is 4.90 Å². The van der Waals surface area contributed by atoms with Crippen LogP contribution in [0.25, 0.3) is 0 Å². The number of hydrogen-bond donors (Lipinski definition) is 2. The van der Waals surface area contributed by atoms with Crippen molar-refractivity contribution in [2.45, 2.75) is 25.1 Å². The number of nitrogens with two attached hydrogens (primary N) is 1. The summed E-state index contributed by atoms with van der Waals surface area (Å²) in [4.78, 5) is 2.07. The number of nitrogens with zero attached hydrogens (tertiary/aromatic N) is 1. The molecular formula is C14H19F3N2O. The second-order valence-electron chi connectivity index (χ2n) is 5.42. The molecule has 1 aliphatic heterocycles. The second-order valence-corrected chi connectivity index (χ2v) is 5.42. The molecule has 2 unspecified atom stereocenters. The normalized spacial score (nSPS) is 22.8. The highest BCUT2D eigenvalue weighted by atomic mass is 19.4. The van der Waals surface area contributed by atoms with E-state index in [9.17, 15) is 18.3 Å². The fourth-order valence-corrected chi connectivity index (χ4v) is 2.81. The van der Waals surface area contributed by atoms with Crippen molar-refractivity contribution in [1.82, 2.24) is 4.90 Å². The molecular weight excluding hydrogens is 269 g/mol. The summed E-state index contributed by atoms with van der Waals surface area (Å²) in [7, 11) is 1.94. The first-order valence-electron chi connectivity index (χ1n) is 6.63. The van der Waals surface area contributed by atoms with Gasteiger partial charge in [-0.3, -0.25) is 0 Å². The Morgan fingerprint density at radius 2 is 2.10 bits per heavy atom. The van der Waals surface area contributed by atoms with Crippen LogP contribution in [0, 0.1) is 5.92 Å². The number of rotatable bonds is 2. The first kappa shape index (κ1) is 15.1. The Hall–Kier alpha value is -1.27. The Morgan fingerprint density at radius 1 is 1.40 bits per heavy atom. The molecule has 1 aliphatic rings. The van der Waals surface area contributed by atoms with E-state index in [0.717, 1.165) is 25.5 Å². The van der Waals surface area contributed by atoms with Crippen molar-refractivity contribution in [2.75, 3.05) is 25.9 Å². The smallest absolute Gasteiger partial charge is 0.398 e. The minimum Gasteiger partial charge on any atom is -0.398 e. The number of aliphatic hydroxyl groups excluding tert-OH is 1. The van der Waals surface area contributed by atoms with E-state index < -0.39 is 17.8 Å². The third-order valence-corrected chi connectivity index (χ3v) is 3.87. The summed E-state index contributed by atoms with van der Waals surface area (Å²) in [6.07, 6.45) is -3.73. The number of nitrogen functional groups attached to an aromatic ring is 1. The number of halogens is 3. The number of benzene rings is 1. The fourth-order valence-electron chi connectivity index (χ4n) is 2.81. The molecule has 0 amide bonds. The molecule has 3 nitrogen and oxygen atoms in total. The average Bonchev–Trinajstić information content (AvgIpc) is 2.37. The van der Waals surface area contributed by atoms with Crippen molar-refractivity contribution >= 4 is 5.69 Å². The Kier molecular flexibility index (Phi) is 4.25. The molecule has 1 heterocycles. The van der Waals surface area contributed by atoms with E-state index in [0.29, 0.717) is 6.54 Å². The molecule has 0 saturated carbocycles. The summed E-state index contributed by atoms with van der Waals surface area (Å²) < 4.78 is 38.5. The lowest BCUT2D eigenvalue weighted by atomic mass is 9.87. The Balaban J connectivity index is 2.28. The van der Waals surface area contributed by atoms with E-state index >= 15 is 0 Å². The average molecular weight is 288 g/mol. The highest BCUT2D eigenvalue weighted by Crippen LogP contribution is 2.39. The first-order chi connectivity index (χ1) is 9.30. The van der Waals surface area contributed by atoms with Gasteiger partial charge in [-0.2, -0.15) is 13.2 Å². The maximum Gasteiger partial charge on any atom is 0.418 e. The van der Waals surface area contributed by atoms with Gasteiger partial charge in [-0.15, -0.1) is 0 Å². The summed E-state index contributed by atoms with van der Waals surface area (Å²) in [6.45, 7) is 1.61. The van der Waals surface area contributed by atoms with E-state index in [4.69, 9.17) is 5.73 Å². The molecule has 1 saturated heterocycles. The van der Waals surface area contributed by atoms with Crippen molar-refractivity contribution < 1.29 is 18.3 Å². The van der Waals surface area contributed by atoms with Gasteiger partial charge in [-0.1, -0.05) is 12.1 Å². The van der Waals surface area contributed by atoms with Gasteiger partial charge in [0, 0.05) is 23.7 Å². The molecule has 1 fully saturated rings. The van der Waals surface area contributed by atoms with Gasteiger partial charge in [0.2, 0.25) is 0 Å². The Bertz CT molecular complexity index is 476. The minimum atomic E-state index is -4.50. The predicted molar refractivity (Wildman–Crippen MR) is 71.0 cm³/mol. The summed E-state index contributed by atoms with van der Waals surface area (Å²) in [5.74, 6) is -0.0838. The second kappa shape index (κ2) is 5.61. The molecule has 20 heavy (non-hydrogen) atoms. The molecule has 1 aromatic carbocycles. The monoisotopic (exact) mass is 288 g/mol. The maximum atomic E-state index is 12.8. The molecule has 0 bridgehead atoms. The third kappa shape index (κ3) is 3.07. The summed E-state index contributed by atoms with van der Waals surface area (Å²) >= 11 is 0.